The molecule has 0 N–H and O–H groups in total. The van der Waals surface area contributed by atoms with Gasteiger partial charge in [0.1, 0.15) is 18.4 Å². The van der Waals surface area contributed by atoms with Crippen LogP contribution in [0.15, 0.2) is 24.3 Å². The van der Waals surface area contributed by atoms with Crippen molar-refractivity contribution in [2.24, 2.45) is 0 Å². The van der Waals surface area contributed by atoms with Crippen molar-refractivity contribution >= 4 is 0 Å². The molecule has 0 aliphatic heterocycles. The maximum absolute atomic E-state index is 8.90. The molecular weight excluding hydrogens is 240 g/mol. The van der Waals surface area contributed by atoms with Crippen LogP contribution in [0.5, 0.6) is 5.75 Å². The summed E-state index contributed by atoms with van der Waals surface area (Å²) in [4.78, 5) is 0. The number of aromatic nitrogens is 3. The van der Waals surface area contributed by atoms with Gasteiger partial charge in [0.2, 0.25) is 0 Å². The molecule has 0 spiro atoms. The first-order valence-corrected chi connectivity index (χ1v) is 6.26. The fraction of sp³-hybridized carbons (Fsp3) is 0.357. The molecule has 1 aromatic carbocycles. The maximum Gasteiger partial charge on any atom is 0.185 e. The number of rotatable bonds is 5. The van der Waals surface area contributed by atoms with Crippen LogP contribution in [0.25, 0.3) is 0 Å². The molecule has 2 rings (SSSR count). The van der Waals surface area contributed by atoms with Crippen LogP contribution < -0.4 is 4.74 Å². The largest absolute Gasteiger partial charge is 0.492 e. The topological polar surface area (TPSA) is 63.7 Å². The van der Waals surface area contributed by atoms with Crippen molar-refractivity contribution in [3.05, 3.63) is 41.2 Å². The van der Waals surface area contributed by atoms with Crippen LogP contribution in [0.4, 0.5) is 0 Å². The lowest BCUT2D eigenvalue weighted by atomic mass is 10.2. The molecule has 2 aromatic rings. The summed E-state index contributed by atoms with van der Waals surface area (Å²) < 4.78 is 7.36. The van der Waals surface area contributed by atoms with Gasteiger partial charge in [-0.05, 0) is 25.5 Å². The van der Waals surface area contributed by atoms with Crippen molar-refractivity contribution in [3.8, 4) is 11.8 Å². The van der Waals surface area contributed by atoms with Crippen molar-refractivity contribution in [1.29, 1.82) is 5.26 Å². The SMILES string of the molecule is CCc1c(C#N)nnn1CCOc1ccc(C)cc1. The number of aryl methyl sites for hydroxylation is 1. The summed E-state index contributed by atoms with van der Waals surface area (Å²) in [7, 11) is 0. The number of nitrogens with zero attached hydrogens (tertiary/aromatic N) is 4. The van der Waals surface area contributed by atoms with Crippen LogP contribution in [-0.4, -0.2) is 21.6 Å². The van der Waals surface area contributed by atoms with Crippen LogP contribution in [0, 0.1) is 18.3 Å². The predicted molar refractivity (Wildman–Crippen MR) is 70.8 cm³/mol. The Labute approximate surface area is 112 Å². The summed E-state index contributed by atoms with van der Waals surface area (Å²) in [5, 5.41) is 16.7. The molecule has 0 unspecified atom stereocenters. The minimum atomic E-state index is 0.401. The third-order valence-electron chi connectivity index (χ3n) is 2.87. The van der Waals surface area contributed by atoms with E-state index in [9.17, 15) is 0 Å². The second-order valence-electron chi connectivity index (χ2n) is 4.23. The monoisotopic (exact) mass is 256 g/mol. The lowest BCUT2D eigenvalue weighted by Gasteiger charge is -2.07. The highest BCUT2D eigenvalue weighted by Gasteiger charge is 2.09. The summed E-state index contributed by atoms with van der Waals surface area (Å²) in [6, 6.07) is 9.95. The number of hydrogen-bond acceptors (Lipinski definition) is 4. The molecule has 98 valence electrons. The lowest BCUT2D eigenvalue weighted by Crippen LogP contribution is -2.12. The average Bonchev–Trinajstić information content (AvgIpc) is 2.83. The Balaban J connectivity index is 1.94. The molecule has 0 saturated carbocycles. The van der Waals surface area contributed by atoms with Crippen molar-refractivity contribution in [3.63, 3.8) is 0 Å². The van der Waals surface area contributed by atoms with Gasteiger partial charge in [-0.3, -0.25) is 0 Å². The van der Waals surface area contributed by atoms with Crippen molar-refractivity contribution in [2.75, 3.05) is 6.61 Å². The van der Waals surface area contributed by atoms with Crippen LogP contribution in [0.2, 0.25) is 0 Å². The van der Waals surface area contributed by atoms with Crippen LogP contribution in [0.3, 0.4) is 0 Å². The fourth-order valence-corrected chi connectivity index (χ4v) is 1.83. The summed E-state index contributed by atoms with van der Waals surface area (Å²) in [6.45, 7) is 5.11. The summed E-state index contributed by atoms with van der Waals surface area (Å²) >= 11 is 0. The van der Waals surface area contributed by atoms with Gasteiger partial charge in [-0.2, -0.15) is 5.26 Å². The van der Waals surface area contributed by atoms with Gasteiger partial charge in [-0.15, -0.1) is 5.10 Å². The molecule has 0 aliphatic rings. The molecule has 0 atom stereocenters. The Kier molecular flexibility index (Phi) is 4.14. The fourth-order valence-electron chi connectivity index (χ4n) is 1.83. The Morgan fingerprint density at radius 1 is 1.32 bits per heavy atom. The van der Waals surface area contributed by atoms with Gasteiger partial charge in [-0.1, -0.05) is 29.8 Å². The van der Waals surface area contributed by atoms with Crippen molar-refractivity contribution in [1.82, 2.24) is 15.0 Å². The molecule has 19 heavy (non-hydrogen) atoms. The second kappa shape index (κ2) is 6.01. The van der Waals surface area contributed by atoms with E-state index in [1.54, 1.807) is 4.68 Å². The van der Waals surface area contributed by atoms with Crippen molar-refractivity contribution in [2.45, 2.75) is 26.8 Å². The zero-order chi connectivity index (χ0) is 13.7. The minimum absolute atomic E-state index is 0.401. The lowest BCUT2D eigenvalue weighted by molar-refractivity contribution is 0.287. The molecular formula is C14H16N4O. The Morgan fingerprint density at radius 3 is 2.68 bits per heavy atom. The van der Waals surface area contributed by atoms with Crippen molar-refractivity contribution < 1.29 is 4.74 Å². The van der Waals surface area contributed by atoms with Gasteiger partial charge >= 0.3 is 0 Å². The Hall–Kier alpha value is -2.35. The number of benzene rings is 1. The highest BCUT2D eigenvalue weighted by Crippen LogP contribution is 2.11. The predicted octanol–water partition coefficient (Wildman–Crippen LogP) is 2.10. The highest BCUT2D eigenvalue weighted by atomic mass is 16.5. The molecule has 0 radical (unpaired) electrons. The molecule has 5 nitrogen and oxygen atoms in total. The molecule has 0 fully saturated rings. The first-order valence-electron chi connectivity index (χ1n) is 6.26. The molecule has 0 bridgehead atoms. The summed E-state index contributed by atoms with van der Waals surface area (Å²) in [5.41, 5.74) is 2.46. The van der Waals surface area contributed by atoms with E-state index in [1.807, 2.05) is 44.2 Å². The molecule has 5 heteroatoms. The van der Waals surface area contributed by atoms with Gasteiger partial charge in [0.15, 0.2) is 5.69 Å². The number of nitriles is 1. The van der Waals surface area contributed by atoms with Crippen LogP contribution in [-0.2, 0) is 13.0 Å². The number of ether oxygens (including phenoxy) is 1. The first kappa shape index (κ1) is 13.1. The van der Waals surface area contributed by atoms with Gasteiger partial charge in [0.25, 0.3) is 0 Å². The molecule has 1 heterocycles. The van der Waals surface area contributed by atoms with E-state index in [4.69, 9.17) is 10.00 Å². The Morgan fingerprint density at radius 2 is 2.05 bits per heavy atom. The highest BCUT2D eigenvalue weighted by molar-refractivity contribution is 5.26. The third-order valence-corrected chi connectivity index (χ3v) is 2.87. The maximum atomic E-state index is 8.90. The molecule has 1 aromatic heterocycles. The zero-order valence-corrected chi connectivity index (χ0v) is 11.1. The summed E-state index contributed by atoms with van der Waals surface area (Å²) in [6.07, 6.45) is 0.737. The van der Waals surface area contributed by atoms with E-state index in [-0.39, 0.29) is 0 Å². The Bertz CT molecular complexity index is 580. The second-order valence-corrected chi connectivity index (χ2v) is 4.23. The average molecular weight is 256 g/mol. The summed E-state index contributed by atoms with van der Waals surface area (Å²) in [5.74, 6) is 0.837. The van der Waals surface area contributed by atoms with E-state index < -0.39 is 0 Å². The standard InChI is InChI=1S/C14H16N4O/c1-3-14-13(10-15)16-17-18(14)8-9-19-12-6-4-11(2)5-7-12/h4-7H,3,8-9H2,1-2H3. The van der Waals surface area contributed by atoms with Gasteiger partial charge in [0, 0.05) is 0 Å². The van der Waals surface area contributed by atoms with E-state index >= 15 is 0 Å². The number of hydrogen-bond donors (Lipinski definition) is 0. The quantitative estimate of drug-likeness (QED) is 0.821. The minimum Gasteiger partial charge on any atom is -0.492 e. The molecule has 0 amide bonds. The zero-order valence-electron chi connectivity index (χ0n) is 11.1. The normalized spacial score (nSPS) is 10.2. The van der Waals surface area contributed by atoms with E-state index in [0.717, 1.165) is 17.9 Å². The smallest absolute Gasteiger partial charge is 0.185 e. The first-order chi connectivity index (χ1) is 9.24. The van der Waals surface area contributed by atoms with E-state index in [2.05, 4.69) is 10.3 Å². The molecule has 0 saturated heterocycles. The van der Waals surface area contributed by atoms with Gasteiger partial charge in [-0.25, -0.2) is 4.68 Å². The van der Waals surface area contributed by atoms with Crippen LogP contribution >= 0.6 is 0 Å². The third kappa shape index (κ3) is 3.10. The molecule has 0 aliphatic carbocycles. The van der Waals surface area contributed by atoms with E-state index in [0.29, 0.717) is 18.8 Å². The van der Waals surface area contributed by atoms with Gasteiger partial charge < -0.3 is 4.74 Å². The van der Waals surface area contributed by atoms with Gasteiger partial charge in [0.05, 0.1) is 12.2 Å². The van der Waals surface area contributed by atoms with E-state index in [1.165, 1.54) is 5.56 Å². The van der Waals surface area contributed by atoms with Crippen LogP contribution in [0.1, 0.15) is 23.9 Å².